The fraction of sp³-hybridized carbons (Fsp3) is 0.0556. The molecule has 4 heteroatoms. The molecular weight excluding hydrogens is 488 g/mol. The normalized spacial score (nSPS) is 11.2. The summed E-state index contributed by atoms with van der Waals surface area (Å²) in [5.41, 5.74) is 7.86. The molecule has 0 aliphatic heterocycles. The number of pyridine rings is 1. The van der Waals surface area contributed by atoms with Crippen molar-refractivity contribution in [1.29, 1.82) is 0 Å². The van der Waals surface area contributed by atoms with Crippen LogP contribution >= 0.6 is 0 Å². The molecule has 40 heavy (non-hydrogen) atoms. The van der Waals surface area contributed by atoms with Crippen molar-refractivity contribution in [3.63, 3.8) is 0 Å². The van der Waals surface area contributed by atoms with Gasteiger partial charge < -0.3 is 4.57 Å². The summed E-state index contributed by atoms with van der Waals surface area (Å²) in [6.07, 6.45) is 2.05. The quantitative estimate of drug-likeness (QED) is 0.234. The van der Waals surface area contributed by atoms with Crippen LogP contribution in [-0.2, 0) is 0 Å². The highest BCUT2D eigenvalue weighted by Crippen LogP contribution is 2.35. The zero-order chi connectivity index (χ0) is 27.1. The Morgan fingerprint density at radius 2 is 1.18 bits per heavy atom. The first-order valence-corrected chi connectivity index (χ1v) is 13.8. The predicted molar refractivity (Wildman–Crippen MR) is 167 cm³/mol. The zero-order valence-electron chi connectivity index (χ0n) is 22.5. The van der Waals surface area contributed by atoms with Crippen LogP contribution in [-0.4, -0.2) is 19.2 Å². The maximum absolute atomic E-state index is 4.55. The van der Waals surface area contributed by atoms with E-state index in [1.165, 1.54) is 32.9 Å². The lowest BCUT2D eigenvalue weighted by molar-refractivity contribution is 1.11. The van der Waals surface area contributed by atoms with Crippen LogP contribution in [0.2, 0.25) is 0 Å². The van der Waals surface area contributed by atoms with Gasteiger partial charge in [-0.1, -0.05) is 92.7 Å². The summed E-state index contributed by atoms with van der Waals surface area (Å²) in [6, 6.07) is 45.0. The molecule has 8 rings (SSSR count). The van der Waals surface area contributed by atoms with Gasteiger partial charge in [0.05, 0.1) is 11.0 Å². The van der Waals surface area contributed by atoms with Crippen molar-refractivity contribution in [3.8, 4) is 28.2 Å². The van der Waals surface area contributed by atoms with Crippen LogP contribution in [0.5, 0.6) is 0 Å². The van der Waals surface area contributed by atoms with Gasteiger partial charge >= 0.3 is 0 Å². The van der Waals surface area contributed by atoms with Gasteiger partial charge in [0.25, 0.3) is 0 Å². The molecule has 5 aromatic carbocycles. The molecule has 3 heterocycles. The third-order valence-corrected chi connectivity index (χ3v) is 7.46. The van der Waals surface area contributed by atoms with E-state index in [9.17, 15) is 0 Å². The summed E-state index contributed by atoms with van der Waals surface area (Å²) in [4.78, 5) is 0. The summed E-state index contributed by atoms with van der Waals surface area (Å²) in [5, 5.41) is 13.8. The minimum atomic E-state index is 0.840. The molecule has 0 spiro atoms. The maximum atomic E-state index is 4.55. The Labute approximate surface area is 232 Å². The second-order valence-corrected chi connectivity index (χ2v) is 9.62. The summed E-state index contributed by atoms with van der Waals surface area (Å²) in [5.74, 6) is 0.840. The second kappa shape index (κ2) is 9.83. The van der Waals surface area contributed by atoms with E-state index < -0.39 is 0 Å². The van der Waals surface area contributed by atoms with Crippen molar-refractivity contribution in [3.05, 3.63) is 134 Å². The van der Waals surface area contributed by atoms with Crippen LogP contribution < -0.4 is 0 Å². The van der Waals surface area contributed by atoms with Crippen LogP contribution in [0.25, 0.3) is 66.4 Å². The number of benzene rings is 5. The fourth-order valence-corrected chi connectivity index (χ4v) is 5.63. The summed E-state index contributed by atoms with van der Waals surface area (Å²) < 4.78 is 4.42. The molecule has 0 bridgehead atoms. The van der Waals surface area contributed by atoms with E-state index in [0.29, 0.717) is 0 Å². The molecule has 0 unspecified atom stereocenters. The number of hydrogen-bond acceptors (Lipinski definition) is 2. The highest BCUT2D eigenvalue weighted by molar-refractivity contribution is 6.10. The lowest BCUT2D eigenvalue weighted by Gasteiger charge is -2.09. The minimum absolute atomic E-state index is 0.840. The number of nitrogens with zero attached hydrogens (tertiary/aromatic N) is 4. The first-order chi connectivity index (χ1) is 19.8. The third-order valence-electron chi connectivity index (χ3n) is 7.46. The van der Waals surface area contributed by atoms with Crippen LogP contribution in [0.15, 0.2) is 134 Å². The topological polar surface area (TPSA) is 35.1 Å². The summed E-state index contributed by atoms with van der Waals surface area (Å²) in [7, 11) is 0. The van der Waals surface area contributed by atoms with Gasteiger partial charge in [-0.3, -0.25) is 4.40 Å². The van der Waals surface area contributed by atoms with Gasteiger partial charge in [0.1, 0.15) is 0 Å². The van der Waals surface area contributed by atoms with Crippen molar-refractivity contribution >= 4 is 38.2 Å². The van der Waals surface area contributed by atoms with E-state index in [0.717, 1.165) is 33.5 Å². The smallest absolute Gasteiger partial charge is 0.168 e. The third kappa shape index (κ3) is 3.76. The van der Waals surface area contributed by atoms with Gasteiger partial charge in [0, 0.05) is 33.6 Å². The number of rotatable bonds is 3. The predicted octanol–water partition coefficient (Wildman–Crippen LogP) is 9.34. The minimum Gasteiger partial charge on any atom is -0.309 e. The molecule has 0 aliphatic rings. The Morgan fingerprint density at radius 1 is 0.500 bits per heavy atom. The Morgan fingerprint density at radius 3 is 2.00 bits per heavy atom. The standard InChI is InChI=1S/C34H22N4.C2H6/c1-2-8-23(9-3-1)26-16-19-32-30(22-26)29-12-6-7-13-31(29)38(32)27-17-14-25(15-18-27)33-35-36-34-28-11-5-4-10-24(28)20-21-37(33)34;1-2/h1-22H;1-2H3. The molecule has 0 aliphatic carbocycles. The Hall–Kier alpha value is -5.22. The van der Waals surface area contributed by atoms with E-state index in [4.69, 9.17) is 0 Å². The van der Waals surface area contributed by atoms with Gasteiger partial charge in [0.2, 0.25) is 0 Å². The highest BCUT2D eigenvalue weighted by Gasteiger charge is 2.15. The monoisotopic (exact) mass is 516 g/mol. The van der Waals surface area contributed by atoms with Crippen LogP contribution in [0, 0.1) is 0 Å². The molecular formula is C36H28N4. The molecule has 0 radical (unpaired) electrons. The molecule has 0 atom stereocenters. The van der Waals surface area contributed by atoms with E-state index >= 15 is 0 Å². The van der Waals surface area contributed by atoms with Crippen molar-refractivity contribution in [2.24, 2.45) is 0 Å². The van der Waals surface area contributed by atoms with Crippen molar-refractivity contribution in [2.45, 2.75) is 13.8 Å². The molecule has 0 amide bonds. The molecule has 4 nitrogen and oxygen atoms in total. The Kier molecular flexibility index (Phi) is 5.86. The molecule has 0 N–H and O–H groups in total. The van der Waals surface area contributed by atoms with Crippen LogP contribution in [0.4, 0.5) is 0 Å². The van der Waals surface area contributed by atoms with Crippen molar-refractivity contribution in [2.75, 3.05) is 0 Å². The van der Waals surface area contributed by atoms with E-state index in [1.54, 1.807) is 0 Å². The first-order valence-electron chi connectivity index (χ1n) is 13.8. The first kappa shape index (κ1) is 23.9. The molecule has 0 saturated carbocycles. The maximum Gasteiger partial charge on any atom is 0.168 e. The molecule has 3 aromatic heterocycles. The number of hydrogen-bond donors (Lipinski definition) is 0. The molecule has 192 valence electrons. The summed E-state index contributed by atoms with van der Waals surface area (Å²) in [6.45, 7) is 4.00. The average molecular weight is 517 g/mol. The van der Waals surface area contributed by atoms with E-state index in [-0.39, 0.29) is 0 Å². The lowest BCUT2D eigenvalue weighted by Crippen LogP contribution is -1.95. The Bertz CT molecular complexity index is 2120. The van der Waals surface area contributed by atoms with Crippen molar-refractivity contribution < 1.29 is 0 Å². The SMILES string of the molecule is CC.c1ccc(-c2ccc3c(c2)c2ccccc2n3-c2ccc(-c3nnc4c5ccccc5ccn34)cc2)cc1. The van der Waals surface area contributed by atoms with Gasteiger partial charge in [-0.25, -0.2) is 0 Å². The lowest BCUT2D eigenvalue weighted by atomic mass is 10.0. The van der Waals surface area contributed by atoms with Gasteiger partial charge in [0.15, 0.2) is 11.5 Å². The molecule has 0 saturated heterocycles. The Balaban J connectivity index is 0.00000130. The summed E-state index contributed by atoms with van der Waals surface area (Å²) >= 11 is 0. The molecule has 0 fully saturated rings. The molecule has 8 aromatic rings. The number of para-hydroxylation sites is 1. The van der Waals surface area contributed by atoms with Crippen LogP contribution in [0.1, 0.15) is 13.8 Å². The van der Waals surface area contributed by atoms with Crippen LogP contribution in [0.3, 0.4) is 0 Å². The van der Waals surface area contributed by atoms with Crippen molar-refractivity contribution in [1.82, 2.24) is 19.2 Å². The second-order valence-electron chi connectivity index (χ2n) is 9.62. The van der Waals surface area contributed by atoms with Gasteiger partial charge in [-0.05, 0) is 65.0 Å². The number of fused-ring (bicyclic) bond motifs is 6. The average Bonchev–Trinajstić information content (AvgIpc) is 3.62. The number of aromatic nitrogens is 4. The fourth-order valence-electron chi connectivity index (χ4n) is 5.63. The van der Waals surface area contributed by atoms with Gasteiger partial charge in [-0.15, -0.1) is 10.2 Å². The zero-order valence-corrected chi connectivity index (χ0v) is 22.5. The highest BCUT2D eigenvalue weighted by atomic mass is 15.2. The largest absolute Gasteiger partial charge is 0.309 e. The van der Waals surface area contributed by atoms with Gasteiger partial charge in [-0.2, -0.15) is 0 Å². The van der Waals surface area contributed by atoms with E-state index in [1.807, 2.05) is 26.0 Å². The van der Waals surface area contributed by atoms with E-state index in [2.05, 4.69) is 141 Å².